The number of nitrogens with one attached hydrogen (secondary N) is 1. The number of carbonyl (C=O) groups excluding carboxylic acids is 1. The maximum atomic E-state index is 12.6. The molecule has 0 saturated heterocycles. The Kier molecular flexibility index (Phi) is 4.52. The van der Waals surface area contributed by atoms with Crippen molar-refractivity contribution in [3.05, 3.63) is 69.9 Å². The number of hydrogen-bond acceptors (Lipinski definition) is 4. The summed E-state index contributed by atoms with van der Waals surface area (Å²) in [5.41, 5.74) is 1.83. The first-order valence-electron chi connectivity index (χ1n) is 7.41. The van der Waals surface area contributed by atoms with Crippen molar-refractivity contribution >= 4 is 17.2 Å². The smallest absolute Gasteiger partial charge is 0.263 e. The molecule has 0 aliphatic heterocycles. The van der Waals surface area contributed by atoms with Crippen LogP contribution in [0, 0.1) is 13.8 Å². The van der Waals surface area contributed by atoms with Crippen LogP contribution in [0.4, 0.5) is 0 Å². The van der Waals surface area contributed by atoms with Crippen molar-refractivity contribution < 1.29 is 4.79 Å². The molecular weight excluding hydrogens is 308 g/mol. The van der Waals surface area contributed by atoms with Crippen molar-refractivity contribution in [3.8, 4) is 0 Å². The summed E-state index contributed by atoms with van der Waals surface area (Å²) < 4.78 is 1.82. The largest absolute Gasteiger partial charge is 0.343 e. The SMILES string of the molecule is Cc1nc(C)c(C(=O)NC(Cn2cccn2)c2ccccc2)s1. The molecular formula is C17H18N4OS. The zero-order valence-electron chi connectivity index (χ0n) is 13.1. The van der Waals surface area contributed by atoms with E-state index in [1.807, 2.05) is 61.1 Å². The maximum Gasteiger partial charge on any atom is 0.263 e. The lowest BCUT2D eigenvalue weighted by Gasteiger charge is -2.19. The third kappa shape index (κ3) is 3.65. The van der Waals surface area contributed by atoms with Crippen LogP contribution in [0.1, 0.15) is 32.0 Å². The van der Waals surface area contributed by atoms with Crippen LogP contribution in [-0.4, -0.2) is 20.7 Å². The molecule has 1 aromatic carbocycles. The molecule has 0 bridgehead atoms. The number of amides is 1. The van der Waals surface area contributed by atoms with Gasteiger partial charge in [0.05, 0.1) is 23.3 Å². The van der Waals surface area contributed by atoms with Crippen molar-refractivity contribution in [2.75, 3.05) is 0 Å². The van der Waals surface area contributed by atoms with E-state index in [1.165, 1.54) is 11.3 Å². The van der Waals surface area contributed by atoms with Crippen LogP contribution in [0.2, 0.25) is 0 Å². The molecule has 3 aromatic rings. The van der Waals surface area contributed by atoms with Gasteiger partial charge >= 0.3 is 0 Å². The summed E-state index contributed by atoms with van der Waals surface area (Å²) in [4.78, 5) is 17.6. The van der Waals surface area contributed by atoms with E-state index in [4.69, 9.17) is 0 Å². The lowest BCUT2D eigenvalue weighted by Crippen LogP contribution is -2.31. The van der Waals surface area contributed by atoms with Gasteiger partial charge in [-0.25, -0.2) is 4.98 Å². The molecule has 3 rings (SSSR count). The summed E-state index contributed by atoms with van der Waals surface area (Å²) in [7, 11) is 0. The predicted molar refractivity (Wildman–Crippen MR) is 90.5 cm³/mol. The third-order valence-corrected chi connectivity index (χ3v) is 4.62. The van der Waals surface area contributed by atoms with Gasteiger partial charge in [-0.05, 0) is 25.5 Å². The summed E-state index contributed by atoms with van der Waals surface area (Å²) in [5.74, 6) is -0.0888. The van der Waals surface area contributed by atoms with E-state index in [9.17, 15) is 4.79 Å². The zero-order valence-corrected chi connectivity index (χ0v) is 13.9. The highest BCUT2D eigenvalue weighted by Crippen LogP contribution is 2.20. The minimum atomic E-state index is -0.148. The summed E-state index contributed by atoms with van der Waals surface area (Å²) in [6.45, 7) is 4.36. The molecule has 0 aliphatic rings. The molecule has 1 N–H and O–H groups in total. The number of rotatable bonds is 5. The van der Waals surface area contributed by atoms with Crippen LogP contribution in [0.5, 0.6) is 0 Å². The summed E-state index contributed by atoms with van der Waals surface area (Å²) in [6.07, 6.45) is 3.63. The molecule has 0 fully saturated rings. The van der Waals surface area contributed by atoms with Gasteiger partial charge in [-0.1, -0.05) is 30.3 Å². The van der Waals surface area contributed by atoms with Crippen molar-refractivity contribution in [1.82, 2.24) is 20.1 Å². The van der Waals surface area contributed by atoms with Gasteiger partial charge in [0.25, 0.3) is 5.91 Å². The Balaban J connectivity index is 1.83. The lowest BCUT2D eigenvalue weighted by atomic mass is 10.1. The van der Waals surface area contributed by atoms with E-state index >= 15 is 0 Å². The summed E-state index contributed by atoms with van der Waals surface area (Å²) in [6, 6.07) is 11.7. The lowest BCUT2D eigenvalue weighted by molar-refractivity contribution is 0.0935. The van der Waals surface area contributed by atoms with Crippen LogP contribution in [0.15, 0.2) is 48.8 Å². The van der Waals surface area contributed by atoms with Gasteiger partial charge in [-0.2, -0.15) is 5.10 Å². The molecule has 2 aromatic heterocycles. The Bertz CT molecular complexity index is 780. The fourth-order valence-corrected chi connectivity index (χ4v) is 3.30. The second kappa shape index (κ2) is 6.75. The Morgan fingerprint density at radius 3 is 2.65 bits per heavy atom. The highest BCUT2D eigenvalue weighted by atomic mass is 32.1. The first kappa shape index (κ1) is 15.4. The van der Waals surface area contributed by atoms with Crippen molar-refractivity contribution in [1.29, 1.82) is 0 Å². The first-order chi connectivity index (χ1) is 11.1. The molecule has 5 nitrogen and oxygen atoms in total. The third-order valence-electron chi connectivity index (χ3n) is 3.55. The van der Waals surface area contributed by atoms with Gasteiger partial charge in [0.1, 0.15) is 4.88 Å². The standard InChI is InChI=1S/C17H18N4OS/c1-12-16(23-13(2)19-12)17(22)20-15(11-21-10-6-9-18-21)14-7-4-3-5-8-14/h3-10,15H,11H2,1-2H3,(H,20,22). The normalized spacial score (nSPS) is 12.1. The molecule has 23 heavy (non-hydrogen) atoms. The van der Waals surface area contributed by atoms with Crippen LogP contribution >= 0.6 is 11.3 Å². The Labute approximate surface area is 139 Å². The quantitative estimate of drug-likeness (QED) is 0.783. The zero-order chi connectivity index (χ0) is 16.2. The number of nitrogens with zero attached hydrogens (tertiary/aromatic N) is 3. The molecule has 0 saturated carbocycles. The van der Waals surface area contributed by atoms with E-state index in [1.54, 1.807) is 6.20 Å². The molecule has 1 unspecified atom stereocenters. The van der Waals surface area contributed by atoms with Gasteiger partial charge in [-0.15, -0.1) is 11.3 Å². The molecule has 2 heterocycles. The van der Waals surface area contributed by atoms with Crippen LogP contribution in [0.3, 0.4) is 0 Å². The average Bonchev–Trinajstić information content (AvgIpc) is 3.17. The van der Waals surface area contributed by atoms with Gasteiger partial charge in [0, 0.05) is 12.4 Å². The minimum Gasteiger partial charge on any atom is -0.343 e. The van der Waals surface area contributed by atoms with Gasteiger partial charge in [0.2, 0.25) is 0 Å². The molecule has 0 radical (unpaired) electrons. The molecule has 1 amide bonds. The van der Waals surface area contributed by atoms with Crippen molar-refractivity contribution in [2.24, 2.45) is 0 Å². The maximum absolute atomic E-state index is 12.6. The number of aryl methyl sites for hydroxylation is 2. The molecule has 0 aliphatic carbocycles. The van der Waals surface area contributed by atoms with E-state index in [2.05, 4.69) is 15.4 Å². The number of carbonyl (C=O) groups is 1. The fraction of sp³-hybridized carbons (Fsp3) is 0.235. The van der Waals surface area contributed by atoms with Gasteiger partial charge in [0.15, 0.2) is 0 Å². The summed E-state index contributed by atoms with van der Waals surface area (Å²) >= 11 is 1.42. The van der Waals surface area contributed by atoms with E-state index in [0.29, 0.717) is 11.4 Å². The Hall–Kier alpha value is -2.47. The molecule has 1 atom stereocenters. The molecule has 0 spiro atoms. The topological polar surface area (TPSA) is 59.8 Å². The Morgan fingerprint density at radius 1 is 1.26 bits per heavy atom. The van der Waals surface area contributed by atoms with E-state index in [-0.39, 0.29) is 11.9 Å². The Morgan fingerprint density at radius 2 is 2.04 bits per heavy atom. The monoisotopic (exact) mass is 326 g/mol. The number of hydrogen-bond donors (Lipinski definition) is 1. The van der Waals surface area contributed by atoms with Gasteiger partial charge < -0.3 is 5.32 Å². The highest BCUT2D eigenvalue weighted by molar-refractivity contribution is 7.13. The number of thiazole rings is 1. The first-order valence-corrected chi connectivity index (χ1v) is 8.22. The predicted octanol–water partition coefficient (Wildman–Crippen LogP) is 3.13. The molecule has 6 heteroatoms. The fourth-order valence-electron chi connectivity index (χ4n) is 2.48. The highest BCUT2D eigenvalue weighted by Gasteiger charge is 2.20. The average molecular weight is 326 g/mol. The molecule has 118 valence electrons. The van der Waals surface area contributed by atoms with Gasteiger partial charge in [-0.3, -0.25) is 9.48 Å². The number of benzene rings is 1. The van der Waals surface area contributed by atoms with Crippen LogP contribution in [-0.2, 0) is 6.54 Å². The second-order valence-corrected chi connectivity index (χ2v) is 6.52. The van der Waals surface area contributed by atoms with E-state index in [0.717, 1.165) is 16.3 Å². The van der Waals surface area contributed by atoms with E-state index < -0.39 is 0 Å². The van der Waals surface area contributed by atoms with Crippen molar-refractivity contribution in [3.63, 3.8) is 0 Å². The van der Waals surface area contributed by atoms with Crippen molar-refractivity contribution in [2.45, 2.75) is 26.4 Å². The summed E-state index contributed by atoms with van der Waals surface area (Å²) in [5, 5.41) is 8.25. The minimum absolute atomic E-state index is 0.0888. The second-order valence-electron chi connectivity index (χ2n) is 5.31. The van der Waals surface area contributed by atoms with Crippen LogP contribution < -0.4 is 5.32 Å². The number of aromatic nitrogens is 3. The van der Waals surface area contributed by atoms with Crippen LogP contribution in [0.25, 0.3) is 0 Å².